The van der Waals surface area contributed by atoms with Crippen molar-refractivity contribution >= 4 is 45.6 Å². The first-order valence-electron chi connectivity index (χ1n) is 12.4. The van der Waals surface area contributed by atoms with Crippen molar-refractivity contribution in [3.05, 3.63) is 101 Å². The number of carbonyl (C=O) groups is 3. The van der Waals surface area contributed by atoms with Gasteiger partial charge in [0.15, 0.2) is 11.7 Å². The molecule has 0 aliphatic rings. The van der Waals surface area contributed by atoms with Crippen molar-refractivity contribution < 1.29 is 23.5 Å². The number of para-hydroxylation sites is 1. The summed E-state index contributed by atoms with van der Waals surface area (Å²) in [6.07, 6.45) is 0. The lowest BCUT2D eigenvalue weighted by atomic mass is 10.1. The highest BCUT2D eigenvalue weighted by atomic mass is 32.1. The number of thiazole rings is 1. The molecule has 0 spiro atoms. The number of rotatable bonds is 11. The summed E-state index contributed by atoms with van der Waals surface area (Å²) < 4.78 is 19.3. The SMILES string of the molecule is CC(NC(=O)COc1ccccc1C(=O)c1sc(N(c2ccc(F)cc2)C(C)C(N)=O)nc1N)c1ccccc1. The van der Waals surface area contributed by atoms with Gasteiger partial charge in [-0.3, -0.25) is 14.4 Å². The van der Waals surface area contributed by atoms with Crippen LogP contribution < -0.4 is 26.4 Å². The van der Waals surface area contributed by atoms with E-state index in [0.717, 1.165) is 16.9 Å². The lowest BCUT2D eigenvalue weighted by molar-refractivity contribution is -0.123. The highest BCUT2D eigenvalue weighted by molar-refractivity contribution is 7.18. The van der Waals surface area contributed by atoms with E-state index in [1.165, 1.54) is 29.2 Å². The Bertz CT molecular complexity index is 1510. The lowest BCUT2D eigenvalue weighted by Gasteiger charge is -2.26. The first kappa shape index (κ1) is 28.2. The zero-order valence-electron chi connectivity index (χ0n) is 21.8. The summed E-state index contributed by atoms with van der Waals surface area (Å²) in [6, 6.07) is 20.3. The first-order valence-corrected chi connectivity index (χ1v) is 13.2. The van der Waals surface area contributed by atoms with Crippen molar-refractivity contribution in [3.8, 4) is 5.75 Å². The van der Waals surface area contributed by atoms with Gasteiger partial charge >= 0.3 is 0 Å². The molecule has 0 saturated carbocycles. The summed E-state index contributed by atoms with van der Waals surface area (Å²) in [6.45, 7) is 3.13. The van der Waals surface area contributed by atoms with Gasteiger partial charge in [0.25, 0.3) is 5.91 Å². The number of benzene rings is 3. The van der Waals surface area contributed by atoms with Crippen LogP contribution in [0.4, 0.5) is 21.0 Å². The van der Waals surface area contributed by atoms with Crippen LogP contribution in [0.2, 0.25) is 0 Å². The van der Waals surface area contributed by atoms with Crippen molar-refractivity contribution in [1.29, 1.82) is 0 Å². The number of hydrogen-bond acceptors (Lipinski definition) is 8. The second-order valence-electron chi connectivity index (χ2n) is 8.95. The Balaban J connectivity index is 1.55. The number of nitrogens with two attached hydrogens (primary N) is 2. The van der Waals surface area contributed by atoms with Crippen molar-refractivity contribution in [2.24, 2.45) is 5.73 Å². The molecule has 0 radical (unpaired) electrons. The molecule has 0 fully saturated rings. The van der Waals surface area contributed by atoms with Gasteiger partial charge in [0.1, 0.15) is 28.3 Å². The Kier molecular flexibility index (Phi) is 8.75. The molecular weight excluding hydrogens is 533 g/mol. The third-order valence-electron chi connectivity index (χ3n) is 6.13. The van der Waals surface area contributed by atoms with Gasteiger partial charge in [0.05, 0.1) is 11.6 Å². The van der Waals surface area contributed by atoms with E-state index in [1.807, 2.05) is 37.3 Å². The number of nitrogens with zero attached hydrogens (tertiary/aromatic N) is 2. The summed E-state index contributed by atoms with van der Waals surface area (Å²) in [5, 5.41) is 3.10. The highest BCUT2D eigenvalue weighted by Gasteiger charge is 2.28. The standard InChI is InChI=1S/C29H28FN5O4S/c1-17(19-8-4-3-5-9-19)33-24(36)16-39-23-11-7-6-10-22(23)25(37)26-27(31)34-29(40-26)35(18(2)28(32)38)21-14-12-20(30)13-15-21/h3-15,17-18H,16,31H2,1-2H3,(H2,32,38)(H,33,36). The van der Waals surface area contributed by atoms with Gasteiger partial charge in [0, 0.05) is 5.69 Å². The van der Waals surface area contributed by atoms with Gasteiger partial charge in [-0.2, -0.15) is 0 Å². The van der Waals surface area contributed by atoms with E-state index in [4.69, 9.17) is 16.2 Å². The average Bonchev–Trinajstić information content (AvgIpc) is 3.33. The van der Waals surface area contributed by atoms with Crippen molar-refractivity contribution in [2.45, 2.75) is 25.9 Å². The van der Waals surface area contributed by atoms with Crippen molar-refractivity contribution in [3.63, 3.8) is 0 Å². The number of aromatic nitrogens is 1. The number of ketones is 1. The molecule has 0 bridgehead atoms. The molecule has 0 saturated heterocycles. The molecule has 0 aliphatic heterocycles. The number of anilines is 3. The van der Waals surface area contributed by atoms with Crippen molar-refractivity contribution in [1.82, 2.24) is 10.3 Å². The third-order valence-corrected chi connectivity index (χ3v) is 7.19. The molecule has 4 aromatic rings. The molecule has 40 heavy (non-hydrogen) atoms. The van der Waals surface area contributed by atoms with Crippen LogP contribution in [-0.4, -0.2) is 35.2 Å². The minimum atomic E-state index is -0.869. The molecule has 2 unspecified atom stereocenters. The number of nitrogens with one attached hydrogen (secondary N) is 1. The molecular formula is C29H28FN5O4S. The van der Waals surface area contributed by atoms with E-state index in [1.54, 1.807) is 31.2 Å². The summed E-state index contributed by atoms with van der Waals surface area (Å²) >= 11 is 0.958. The number of hydrogen-bond donors (Lipinski definition) is 3. The van der Waals surface area contributed by atoms with E-state index >= 15 is 0 Å². The predicted molar refractivity (Wildman–Crippen MR) is 152 cm³/mol. The number of halogens is 1. The maximum absolute atomic E-state index is 13.6. The summed E-state index contributed by atoms with van der Waals surface area (Å²) in [5.74, 6) is -1.79. The number of primary amides is 1. The molecule has 3 aromatic carbocycles. The predicted octanol–water partition coefficient (Wildman–Crippen LogP) is 4.36. The monoisotopic (exact) mass is 561 g/mol. The number of carbonyl (C=O) groups excluding carboxylic acids is 3. The molecule has 4 rings (SSSR count). The van der Waals surface area contributed by atoms with E-state index in [0.29, 0.717) is 5.69 Å². The fourth-order valence-corrected chi connectivity index (χ4v) is 5.01. The maximum atomic E-state index is 13.6. The molecule has 1 heterocycles. The second kappa shape index (κ2) is 12.4. The van der Waals surface area contributed by atoms with Crippen LogP contribution in [0.1, 0.15) is 40.7 Å². The molecule has 2 atom stereocenters. The number of nitrogen functional groups attached to an aromatic ring is 1. The van der Waals surface area contributed by atoms with Crippen LogP contribution in [-0.2, 0) is 9.59 Å². The molecule has 5 N–H and O–H groups in total. The normalized spacial score (nSPS) is 12.3. The third kappa shape index (κ3) is 6.44. The molecule has 11 heteroatoms. The van der Waals surface area contributed by atoms with Crippen LogP contribution in [0.5, 0.6) is 5.75 Å². The molecule has 1 aromatic heterocycles. The minimum absolute atomic E-state index is 0.0574. The van der Waals surface area contributed by atoms with E-state index < -0.39 is 23.5 Å². The fraction of sp³-hybridized carbons (Fsp3) is 0.172. The second-order valence-corrected chi connectivity index (χ2v) is 9.93. The zero-order valence-corrected chi connectivity index (χ0v) is 22.7. The number of amides is 2. The Labute approximate surface area is 234 Å². The van der Waals surface area contributed by atoms with E-state index in [9.17, 15) is 18.8 Å². The van der Waals surface area contributed by atoms with Crippen LogP contribution in [0.3, 0.4) is 0 Å². The Morgan fingerprint density at radius 1 is 1.00 bits per heavy atom. The topological polar surface area (TPSA) is 141 Å². The number of ether oxygens (including phenoxy) is 1. The van der Waals surface area contributed by atoms with E-state index in [-0.39, 0.29) is 45.7 Å². The Morgan fingerprint density at radius 3 is 2.33 bits per heavy atom. The van der Waals surface area contributed by atoms with Crippen LogP contribution in [0.25, 0.3) is 0 Å². The van der Waals surface area contributed by atoms with Gasteiger partial charge in [-0.25, -0.2) is 9.37 Å². The maximum Gasteiger partial charge on any atom is 0.258 e. The van der Waals surface area contributed by atoms with Gasteiger partial charge < -0.3 is 26.4 Å². The van der Waals surface area contributed by atoms with Gasteiger partial charge in [-0.1, -0.05) is 53.8 Å². The summed E-state index contributed by atoms with van der Waals surface area (Å²) in [4.78, 5) is 44.1. The quantitative estimate of drug-likeness (QED) is 0.231. The summed E-state index contributed by atoms with van der Waals surface area (Å²) in [5.41, 5.74) is 13.3. The van der Waals surface area contributed by atoms with Crippen LogP contribution in [0, 0.1) is 5.82 Å². The first-order chi connectivity index (χ1) is 19.2. The van der Waals surface area contributed by atoms with Gasteiger partial charge in [0.2, 0.25) is 11.7 Å². The van der Waals surface area contributed by atoms with Crippen LogP contribution >= 0.6 is 11.3 Å². The minimum Gasteiger partial charge on any atom is -0.483 e. The Morgan fingerprint density at radius 2 is 1.65 bits per heavy atom. The largest absolute Gasteiger partial charge is 0.483 e. The smallest absolute Gasteiger partial charge is 0.258 e. The highest BCUT2D eigenvalue weighted by Crippen LogP contribution is 2.37. The molecule has 9 nitrogen and oxygen atoms in total. The molecule has 206 valence electrons. The van der Waals surface area contributed by atoms with Gasteiger partial charge in [-0.15, -0.1) is 0 Å². The lowest BCUT2D eigenvalue weighted by Crippen LogP contribution is -2.39. The summed E-state index contributed by atoms with van der Waals surface area (Å²) in [7, 11) is 0. The zero-order chi connectivity index (χ0) is 28.8. The Hall–Kier alpha value is -4.77. The van der Waals surface area contributed by atoms with Gasteiger partial charge in [-0.05, 0) is 55.8 Å². The fourth-order valence-electron chi connectivity index (χ4n) is 3.97. The molecule has 0 aliphatic carbocycles. The molecule has 2 amide bonds. The van der Waals surface area contributed by atoms with Crippen molar-refractivity contribution in [2.75, 3.05) is 17.2 Å². The van der Waals surface area contributed by atoms with E-state index in [2.05, 4.69) is 10.3 Å². The average molecular weight is 562 g/mol. The van der Waals surface area contributed by atoms with Crippen LogP contribution in [0.15, 0.2) is 78.9 Å².